The van der Waals surface area contributed by atoms with Gasteiger partial charge in [0.1, 0.15) is 6.10 Å². The maximum absolute atomic E-state index is 5.59. The Morgan fingerprint density at radius 1 is 1.32 bits per heavy atom. The first-order valence-electron chi connectivity index (χ1n) is 7.93. The first-order chi connectivity index (χ1) is 10.8. The molecule has 22 heavy (non-hydrogen) atoms. The van der Waals surface area contributed by atoms with Crippen molar-refractivity contribution in [2.45, 2.75) is 50.9 Å². The Labute approximate surface area is 129 Å². The van der Waals surface area contributed by atoms with Gasteiger partial charge in [-0.25, -0.2) is 0 Å². The number of aryl methyl sites for hydroxylation is 1. The highest BCUT2D eigenvalue weighted by molar-refractivity contribution is 5.05. The van der Waals surface area contributed by atoms with E-state index in [4.69, 9.17) is 9.26 Å². The van der Waals surface area contributed by atoms with Gasteiger partial charge in [0.2, 0.25) is 0 Å². The molecule has 0 aromatic carbocycles. The van der Waals surface area contributed by atoms with Crippen LogP contribution >= 0.6 is 0 Å². The molecule has 4 rings (SSSR count). The third-order valence-electron chi connectivity index (χ3n) is 4.24. The lowest BCUT2D eigenvalue weighted by Crippen LogP contribution is -2.25. The van der Waals surface area contributed by atoms with E-state index in [-0.39, 0.29) is 6.10 Å². The topological polar surface area (TPSA) is 69.2 Å². The molecule has 1 saturated heterocycles. The number of aromatic nitrogens is 4. The molecule has 2 aromatic heterocycles. The van der Waals surface area contributed by atoms with Crippen LogP contribution in [0, 0.1) is 0 Å². The minimum Gasteiger partial charge on any atom is -0.368 e. The van der Waals surface area contributed by atoms with Gasteiger partial charge < -0.3 is 9.26 Å². The van der Waals surface area contributed by atoms with Crippen molar-refractivity contribution in [2.24, 2.45) is 7.05 Å². The lowest BCUT2D eigenvalue weighted by Gasteiger charge is -2.19. The summed E-state index contributed by atoms with van der Waals surface area (Å²) in [5, 5.41) is 8.37. The minimum atomic E-state index is -0.00560. The van der Waals surface area contributed by atoms with E-state index in [0.29, 0.717) is 11.9 Å². The van der Waals surface area contributed by atoms with E-state index in [9.17, 15) is 0 Å². The highest BCUT2D eigenvalue weighted by Gasteiger charge is 2.31. The molecule has 118 valence electrons. The Hall–Kier alpha value is -1.73. The molecule has 2 aromatic rings. The lowest BCUT2D eigenvalue weighted by molar-refractivity contribution is 0.0835. The van der Waals surface area contributed by atoms with Gasteiger partial charge in [0.15, 0.2) is 5.82 Å². The fourth-order valence-electron chi connectivity index (χ4n) is 2.96. The number of hydrogen-bond donors (Lipinski definition) is 0. The normalized spacial score (nSPS) is 21.8. The van der Waals surface area contributed by atoms with Crippen molar-refractivity contribution in [1.82, 2.24) is 24.8 Å². The Morgan fingerprint density at radius 3 is 2.91 bits per heavy atom. The molecule has 0 amide bonds. The minimum absolute atomic E-state index is 0.00560. The van der Waals surface area contributed by atoms with Crippen LogP contribution in [-0.2, 0) is 24.9 Å². The Morgan fingerprint density at radius 2 is 2.23 bits per heavy atom. The molecule has 0 spiro atoms. The molecule has 7 nitrogen and oxygen atoms in total. The Balaban J connectivity index is 1.43. The van der Waals surface area contributed by atoms with Gasteiger partial charge >= 0.3 is 0 Å². The monoisotopic (exact) mass is 303 g/mol. The molecule has 1 saturated carbocycles. The van der Waals surface area contributed by atoms with Crippen molar-refractivity contribution < 1.29 is 9.26 Å². The van der Waals surface area contributed by atoms with E-state index < -0.39 is 0 Å². The maximum Gasteiger partial charge on any atom is 0.255 e. The molecule has 0 bridgehead atoms. The number of nitrogens with zero attached hydrogens (tertiary/aromatic N) is 5. The van der Waals surface area contributed by atoms with Crippen molar-refractivity contribution in [1.29, 1.82) is 0 Å². The number of ether oxygens (including phenoxy) is 1. The summed E-state index contributed by atoms with van der Waals surface area (Å²) in [6.07, 6.45) is 8.51. The molecule has 1 atom stereocenters. The van der Waals surface area contributed by atoms with Gasteiger partial charge in [-0.15, -0.1) is 0 Å². The van der Waals surface area contributed by atoms with Gasteiger partial charge in [-0.1, -0.05) is 5.16 Å². The molecule has 2 fully saturated rings. The maximum atomic E-state index is 5.59. The lowest BCUT2D eigenvalue weighted by atomic mass is 10.2. The van der Waals surface area contributed by atoms with Crippen LogP contribution < -0.4 is 0 Å². The Bertz CT molecular complexity index is 627. The van der Waals surface area contributed by atoms with Crippen LogP contribution in [-0.4, -0.2) is 37.5 Å². The van der Waals surface area contributed by atoms with Crippen LogP contribution in [0.3, 0.4) is 0 Å². The van der Waals surface area contributed by atoms with E-state index in [1.165, 1.54) is 18.4 Å². The molecule has 3 heterocycles. The molecular weight excluding hydrogens is 282 g/mol. The molecule has 1 aliphatic carbocycles. The summed E-state index contributed by atoms with van der Waals surface area (Å²) in [4.78, 5) is 6.93. The smallest absolute Gasteiger partial charge is 0.255 e. The van der Waals surface area contributed by atoms with Crippen molar-refractivity contribution in [3.05, 3.63) is 29.7 Å². The molecule has 0 radical (unpaired) electrons. The summed E-state index contributed by atoms with van der Waals surface area (Å²) >= 11 is 0. The van der Waals surface area contributed by atoms with Gasteiger partial charge in [0.05, 0.1) is 12.7 Å². The zero-order valence-electron chi connectivity index (χ0n) is 12.8. The second-order valence-corrected chi connectivity index (χ2v) is 6.21. The standard InChI is InChI=1S/C15H21N5O2/c1-19-8-11(7-16-19)9-20(12-4-5-12)10-14-17-15(22-18-14)13-3-2-6-21-13/h7-8,12-13H,2-6,9-10H2,1H3. The SMILES string of the molecule is Cn1cc(CN(Cc2noc(C3CCCO3)n2)C2CC2)cn1. The summed E-state index contributed by atoms with van der Waals surface area (Å²) in [6.45, 7) is 2.38. The Kier molecular flexibility index (Phi) is 3.67. The summed E-state index contributed by atoms with van der Waals surface area (Å²) in [6, 6.07) is 0.630. The van der Waals surface area contributed by atoms with Gasteiger partial charge in [-0.05, 0) is 25.7 Å². The third kappa shape index (κ3) is 3.05. The quantitative estimate of drug-likeness (QED) is 0.811. The molecule has 1 aliphatic heterocycles. The number of rotatable bonds is 6. The van der Waals surface area contributed by atoms with Crippen LogP contribution in [0.2, 0.25) is 0 Å². The molecule has 7 heteroatoms. The largest absolute Gasteiger partial charge is 0.368 e. The average molecular weight is 303 g/mol. The van der Waals surface area contributed by atoms with E-state index >= 15 is 0 Å². The predicted octanol–water partition coefficient (Wildman–Crippen LogP) is 1.82. The van der Waals surface area contributed by atoms with Crippen molar-refractivity contribution >= 4 is 0 Å². The summed E-state index contributed by atoms with van der Waals surface area (Å²) < 4.78 is 12.8. The molecule has 0 N–H and O–H groups in total. The zero-order chi connectivity index (χ0) is 14.9. The summed E-state index contributed by atoms with van der Waals surface area (Å²) in [7, 11) is 1.94. The predicted molar refractivity (Wildman–Crippen MR) is 77.7 cm³/mol. The van der Waals surface area contributed by atoms with Crippen molar-refractivity contribution in [3.8, 4) is 0 Å². The van der Waals surface area contributed by atoms with Gasteiger partial charge in [-0.2, -0.15) is 10.1 Å². The van der Waals surface area contributed by atoms with E-state index in [1.807, 2.05) is 17.9 Å². The van der Waals surface area contributed by atoms with Gasteiger partial charge in [-0.3, -0.25) is 9.58 Å². The zero-order valence-corrected chi connectivity index (χ0v) is 12.8. The van der Waals surface area contributed by atoms with Crippen LogP contribution in [0.1, 0.15) is 49.1 Å². The van der Waals surface area contributed by atoms with Crippen LogP contribution in [0.15, 0.2) is 16.9 Å². The third-order valence-corrected chi connectivity index (χ3v) is 4.24. The second kappa shape index (κ2) is 5.81. The molecule has 1 unspecified atom stereocenters. The van der Waals surface area contributed by atoms with Crippen molar-refractivity contribution in [3.63, 3.8) is 0 Å². The highest BCUT2D eigenvalue weighted by Crippen LogP contribution is 2.30. The van der Waals surface area contributed by atoms with Crippen molar-refractivity contribution in [2.75, 3.05) is 6.61 Å². The summed E-state index contributed by atoms with van der Waals surface area (Å²) in [5.74, 6) is 1.38. The number of hydrogen-bond acceptors (Lipinski definition) is 6. The van der Waals surface area contributed by atoms with Crippen LogP contribution in [0.5, 0.6) is 0 Å². The first kappa shape index (κ1) is 13.9. The second-order valence-electron chi connectivity index (χ2n) is 6.21. The average Bonchev–Trinajstić information content (AvgIpc) is 2.93. The summed E-state index contributed by atoms with van der Waals surface area (Å²) in [5.41, 5.74) is 1.22. The van der Waals surface area contributed by atoms with E-state index in [2.05, 4.69) is 26.3 Å². The fraction of sp³-hybridized carbons (Fsp3) is 0.667. The van der Waals surface area contributed by atoms with Gasteiger partial charge in [0, 0.05) is 38.0 Å². The van der Waals surface area contributed by atoms with E-state index in [1.54, 1.807) is 0 Å². The van der Waals surface area contributed by atoms with Gasteiger partial charge in [0.25, 0.3) is 5.89 Å². The fourth-order valence-corrected chi connectivity index (χ4v) is 2.96. The van der Waals surface area contributed by atoms with Crippen LogP contribution in [0.25, 0.3) is 0 Å². The van der Waals surface area contributed by atoms with E-state index in [0.717, 1.165) is 38.4 Å². The molecule has 2 aliphatic rings. The van der Waals surface area contributed by atoms with Crippen LogP contribution in [0.4, 0.5) is 0 Å². The highest BCUT2D eigenvalue weighted by atomic mass is 16.5. The first-order valence-corrected chi connectivity index (χ1v) is 7.93. The molecular formula is C15H21N5O2.